The van der Waals surface area contributed by atoms with Gasteiger partial charge in [-0.25, -0.2) is 0 Å². The third-order valence-corrected chi connectivity index (χ3v) is 4.89. The maximum absolute atomic E-state index is 5.74. The molecule has 18 heavy (non-hydrogen) atoms. The predicted octanol–water partition coefficient (Wildman–Crippen LogP) is 3.98. The quantitative estimate of drug-likeness (QED) is 0.851. The van der Waals surface area contributed by atoms with E-state index >= 15 is 0 Å². The lowest BCUT2D eigenvalue weighted by Crippen LogP contribution is -2.25. The smallest absolute Gasteiger partial charge is 0.105 e. The van der Waals surface area contributed by atoms with Gasteiger partial charge in [0.05, 0.1) is 0 Å². The predicted molar refractivity (Wildman–Crippen MR) is 73.5 cm³/mol. The molecule has 0 radical (unpaired) electrons. The van der Waals surface area contributed by atoms with E-state index in [2.05, 4.69) is 32.2 Å². The maximum atomic E-state index is 5.74. The minimum Gasteiger partial charge on any atom is -0.466 e. The summed E-state index contributed by atoms with van der Waals surface area (Å²) in [6, 6.07) is 2.79. The first kappa shape index (κ1) is 12.3. The van der Waals surface area contributed by atoms with Crippen LogP contribution < -0.4 is 5.32 Å². The van der Waals surface area contributed by atoms with Crippen LogP contribution in [-0.4, -0.2) is 6.54 Å². The van der Waals surface area contributed by atoms with Gasteiger partial charge >= 0.3 is 0 Å². The lowest BCUT2D eigenvalue weighted by molar-refractivity contribution is 0.408. The molecule has 0 bridgehead atoms. The highest BCUT2D eigenvalue weighted by Gasteiger charge is 2.56. The molecule has 2 saturated carbocycles. The zero-order chi connectivity index (χ0) is 12.7. The van der Waals surface area contributed by atoms with E-state index in [1.54, 1.807) is 0 Å². The van der Waals surface area contributed by atoms with Crippen LogP contribution in [0.4, 0.5) is 0 Å². The van der Waals surface area contributed by atoms with Crippen molar-refractivity contribution in [3.05, 3.63) is 23.2 Å². The Morgan fingerprint density at radius 1 is 1.33 bits per heavy atom. The molecule has 100 valence electrons. The van der Waals surface area contributed by atoms with Crippen LogP contribution in [-0.2, 0) is 0 Å². The molecule has 0 saturated heterocycles. The van der Waals surface area contributed by atoms with Crippen LogP contribution in [0.5, 0.6) is 0 Å². The van der Waals surface area contributed by atoms with Gasteiger partial charge in [0.2, 0.25) is 0 Å². The molecule has 0 aromatic carbocycles. The van der Waals surface area contributed by atoms with Crippen LogP contribution in [0.3, 0.4) is 0 Å². The minimum absolute atomic E-state index is 0.540. The summed E-state index contributed by atoms with van der Waals surface area (Å²) in [6.45, 7) is 7.53. The molecule has 2 fully saturated rings. The minimum atomic E-state index is 0.540. The van der Waals surface area contributed by atoms with Crippen molar-refractivity contribution in [2.45, 2.75) is 52.5 Å². The summed E-state index contributed by atoms with van der Waals surface area (Å²) in [7, 11) is 0. The highest BCUT2D eigenvalue weighted by molar-refractivity contribution is 5.28. The first-order valence-corrected chi connectivity index (χ1v) is 7.52. The fraction of sp³-hybridized carbons (Fsp3) is 0.750. The third kappa shape index (κ3) is 2.01. The van der Waals surface area contributed by atoms with Gasteiger partial charge < -0.3 is 9.73 Å². The number of rotatable bonds is 5. The van der Waals surface area contributed by atoms with Crippen molar-refractivity contribution >= 4 is 0 Å². The van der Waals surface area contributed by atoms with Crippen LogP contribution in [0.1, 0.15) is 55.7 Å². The summed E-state index contributed by atoms with van der Waals surface area (Å²) in [5.74, 6) is 5.03. The molecule has 1 heterocycles. The van der Waals surface area contributed by atoms with Crippen molar-refractivity contribution in [2.75, 3.05) is 6.54 Å². The molecule has 2 aliphatic rings. The van der Waals surface area contributed by atoms with E-state index in [1.807, 2.05) is 0 Å². The van der Waals surface area contributed by atoms with Gasteiger partial charge in [0.25, 0.3) is 0 Å². The van der Waals surface area contributed by atoms with Crippen molar-refractivity contribution in [2.24, 2.45) is 17.8 Å². The molecule has 0 amide bonds. The topological polar surface area (TPSA) is 25.2 Å². The van der Waals surface area contributed by atoms with Crippen LogP contribution in [0.15, 0.2) is 10.5 Å². The van der Waals surface area contributed by atoms with Crippen molar-refractivity contribution in [1.82, 2.24) is 5.32 Å². The Bertz CT molecular complexity index is 413. The average molecular weight is 247 g/mol. The molecule has 1 aromatic rings. The monoisotopic (exact) mass is 247 g/mol. The fourth-order valence-electron chi connectivity index (χ4n) is 4.08. The van der Waals surface area contributed by atoms with Gasteiger partial charge in [0.15, 0.2) is 0 Å². The number of furan rings is 1. The van der Waals surface area contributed by atoms with Gasteiger partial charge in [0, 0.05) is 11.6 Å². The van der Waals surface area contributed by atoms with Crippen molar-refractivity contribution in [3.63, 3.8) is 0 Å². The fourth-order valence-corrected chi connectivity index (χ4v) is 4.08. The molecule has 2 aliphatic carbocycles. The van der Waals surface area contributed by atoms with Crippen molar-refractivity contribution in [1.29, 1.82) is 0 Å². The first-order valence-electron chi connectivity index (χ1n) is 7.52. The standard InChI is InChI=1S/C16H25NO/c1-4-8-17-16(14-9-10(2)18-11(14)3)15-12-6-5-7-13(12)15/h9,12-13,15-17H,4-8H2,1-3H3. The van der Waals surface area contributed by atoms with Gasteiger partial charge in [-0.15, -0.1) is 0 Å². The van der Waals surface area contributed by atoms with Crippen LogP contribution in [0.2, 0.25) is 0 Å². The third-order valence-electron chi connectivity index (χ3n) is 4.89. The molecule has 3 rings (SSSR count). The highest BCUT2D eigenvalue weighted by Crippen LogP contribution is 2.62. The summed E-state index contributed by atoms with van der Waals surface area (Å²) in [5, 5.41) is 3.77. The van der Waals surface area contributed by atoms with Gasteiger partial charge in [-0.2, -0.15) is 0 Å². The Balaban J connectivity index is 1.79. The van der Waals surface area contributed by atoms with Crippen molar-refractivity contribution in [3.8, 4) is 0 Å². The maximum Gasteiger partial charge on any atom is 0.105 e. The highest BCUT2D eigenvalue weighted by atomic mass is 16.3. The Labute approximate surface area is 110 Å². The van der Waals surface area contributed by atoms with Gasteiger partial charge in [0.1, 0.15) is 11.5 Å². The summed E-state index contributed by atoms with van der Waals surface area (Å²) in [5.41, 5.74) is 1.42. The molecule has 3 unspecified atom stereocenters. The lowest BCUT2D eigenvalue weighted by atomic mass is 9.97. The van der Waals surface area contributed by atoms with Crippen LogP contribution >= 0.6 is 0 Å². The molecule has 3 atom stereocenters. The summed E-state index contributed by atoms with van der Waals surface area (Å²) in [4.78, 5) is 0. The number of hydrogen-bond donors (Lipinski definition) is 1. The van der Waals surface area contributed by atoms with E-state index in [0.717, 1.165) is 35.8 Å². The molecule has 1 N–H and O–H groups in total. The van der Waals surface area contributed by atoms with E-state index in [9.17, 15) is 0 Å². The Morgan fingerprint density at radius 3 is 2.61 bits per heavy atom. The summed E-state index contributed by atoms with van der Waals surface area (Å²) in [6.07, 6.45) is 5.56. The second-order valence-electron chi connectivity index (χ2n) is 6.14. The molecule has 2 heteroatoms. The van der Waals surface area contributed by atoms with E-state index < -0.39 is 0 Å². The number of fused-ring (bicyclic) bond motifs is 1. The van der Waals surface area contributed by atoms with Gasteiger partial charge in [-0.3, -0.25) is 0 Å². The Morgan fingerprint density at radius 2 is 2.06 bits per heavy atom. The SMILES string of the molecule is CCCNC(c1cc(C)oc1C)C1C2CCCC21. The molecule has 1 aromatic heterocycles. The van der Waals surface area contributed by atoms with Gasteiger partial charge in [-0.1, -0.05) is 13.3 Å². The van der Waals surface area contributed by atoms with E-state index in [-0.39, 0.29) is 0 Å². The van der Waals surface area contributed by atoms with Crippen LogP contribution in [0, 0.1) is 31.6 Å². The Hall–Kier alpha value is -0.760. The molecule has 0 spiro atoms. The first-order chi connectivity index (χ1) is 8.72. The zero-order valence-electron chi connectivity index (χ0n) is 11.8. The normalized spacial score (nSPS) is 31.4. The van der Waals surface area contributed by atoms with Crippen molar-refractivity contribution < 1.29 is 4.42 Å². The number of nitrogens with one attached hydrogen (secondary N) is 1. The second-order valence-corrected chi connectivity index (χ2v) is 6.14. The summed E-state index contributed by atoms with van der Waals surface area (Å²) < 4.78 is 5.74. The Kier molecular flexibility index (Phi) is 3.23. The van der Waals surface area contributed by atoms with Crippen LogP contribution in [0.25, 0.3) is 0 Å². The largest absolute Gasteiger partial charge is 0.466 e. The second kappa shape index (κ2) is 4.73. The summed E-state index contributed by atoms with van der Waals surface area (Å²) >= 11 is 0. The zero-order valence-corrected chi connectivity index (χ0v) is 11.8. The molecular weight excluding hydrogens is 222 g/mol. The molecule has 0 aliphatic heterocycles. The van der Waals surface area contributed by atoms with E-state index in [1.165, 1.54) is 31.2 Å². The van der Waals surface area contributed by atoms with E-state index in [4.69, 9.17) is 4.42 Å². The lowest BCUT2D eigenvalue weighted by Gasteiger charge is -2.20. The van der Waals surface area contributed by atoms with Gasteiger partial charge in [-0.05, 0) is 63.5 Å². The number of aryl methyl sites for hydroxylation is 2. The molecule has 2 nitrogen and oxygen atoms in total. The number of hydrogen-bond acceptors (Lipinski definition) is 2. The molecular formula is C16H25NO. The van der Waals surface area contributed by atoms with E-state index in [0.29, 0.717) is 6.04 Å². The average Bonchev–Trinajstić information content (AvgIpc) is 2.71.